The lowest BCUT2D eigenvalue weighted by Crippen LogP contribution is -2.04. The summed E-state index contributed by atoms with van der Waals surface area (Å²) in [4.78, 5) is 16.4. The summed E-state index contributed by atoms with van der Waals surface area (Å²) in [6, 6.07) is 10.4. The normalized spacial score (nSPS) is 10.5. The first-order valence-corrected chi connectivity index (χ1v) is 8.12. The molecule has 0 N–H and O–H groups in total. The molecule has 0 bridgehead atoms. The fourth-order valence-corrected chi connectivity index (χ4v) is 3.62. The van der Waals surface area contributed by atoms with E-state index < -0.39 is 5.97 Å². The minimum atomic E-state index is -0.454. The number of fused-ring (bicyclic) bond motifs is 1. The molecule has 0 saturated carbocycles. The maximum Gasteiger partial charge on any atom is 0.339 e. The summed E-state index contributed by atoms with van der Waals surface area (Å²) in [6.45, 7) is -0.0504. The lowest BCUT2D eigenvalue weighted by molar-refractivity contribution is 0.0557. The van der Waals surface area contributed by atoms with Crippen LogP contribution in [0.25, 0.3) is 20.8 Å². The molecule has 0 unspecified atom stereocenters. The fraction of sp³-hybridized carbons (Fsp3) is 0.0588. The van der Waals surface area contributed by atoms with E-state index in [-0.39, 0.29) is 6.61 Å². The fourth-order valence-electron chi connectivity index (χ4n) is 2.02. The predicted octanol–water partition coefficient (Wildman–Crippen LogP) is 5.06. The maximum absolute atomic E-state index is 11.8. The zero-order chi connectivity index (χ0) is 16.4. The van der Waals surface area contributed by atoms with Crippen LogP contribution >= 0.6 is 34.5 Å². The van der Waals surface area contributed by atoms with Gasteiger partial charge in [-0.2, -0.15) is 0 Å². The van der Waals surface area contributed by atoms with Crippen molar-refractivity contribution in [3.8, 4) is 22.9 Å². The van der Waals surface area contributed by atoms with E-state index in [0.29, 0.717) is 15.6 Å². The van der Waals surface area contributed by atoms with Gasteiger partial charge in [0.15, 0.2) is 6.61 Å². The molecule has 6 heteroatoms. The number of nitrogens with zero attached hydrogens (tertiary/aromatic N) is 1. The van der Waals surface area contributed by atoms with Gasteiger partial charge < -0.3 is 4.74 Å². The Morgan fingerprint density at radius 2 is 2.09 bits per heavy atom. The summed E-state index contributed by atoms with van der Waals surface area (Å²) in [5.74, 6) is 1.81. The molecule has 3 nitrogen and oxygen atoms in total. The van der Waals surface area contributed by atoms with Gasteiger partial charge in [-0.25, -0.2) is 9.78 Å². The molecule has 114 valence electrons. The van der Waals surface area contributed by atoms with Crippen LogP contribution in [-0.2, 0) is 4.74 Å². The topological polar surface area (TPSA) is 39.2 Å². The van der Waals surface area contributed by atoms with E-state index in [1.807, 2.05) is 6.07 Å². The Bertz CT molecular complexity index is 943. The summed E-state index contributed by atoms with van der Waals surface area (Å²) >= 11 is 13.6. The third-order valence-electron chi connectivity index (χ3n) is 3.07. The van der Waals surface area contributed by atoms with E-state index in [2.05, 4.69) is 10.9 Å². The Kier molecular flexibility index (Phi) is 4.53. The van der Waals surface area contributed by atoms with Crippen LogP contribution in [0, 0.1) is 12.3 Å². The molecule has 3 aromatic rings. The van der Waals surface area contributed by atoms with Crippen molar-refractivity contribution in [2.24, 2.45) is 0 Å². The summed E-state index contributed by atoms with van der Waals surface area (Å²) in [5, 5.41) is 1.86. The van der Waals surface area contributed by atoms with Crippen molar-refractivity contribution in [2.45, 2.75) is 0 Å². The quantitative estimate of drug-likeness (QED) is 0.483. The monoisotopic (exact) mass is 361 g/mol. The number of aromatic nitrogens is 1. The van der Waals surface area contributed by atoms with Crippen LogP contribution in [0.1, 0.15) is 10.4 Å². The second-order valence-electron chi connectivity index (χ2n) is 4.61. The van der Waals surface area contributed by atoms with Crippen molar-refractivity contribution < 1.29 is 9.53 Å². The van der Waals surface area contributed by atoms with Gasteiger partial charge in [-0.05, 0) is 36.4 Å². The predicted molar refractivity (Wildman–Crippen MR) is 94.2 cm³/mol. The summed E-state index contributed by atoms with van der Waals surface area (Å²) < 4.78 is 5.79. The van der Waals surface area contributed by atoms with Crippen LogP contribution in [0.2, 0.25) is 10.0 Å². The van der Waals surface area contributed by atoms with E-state index in [1.165, 1.54) is 11.3 Å². The number of thiazole rings is 1. The van der Waals surface area contributed by atoms with Crippen LogP contribution < -0.4 is 0 Å². The lowest BCUT2D eigenvalue weighted by Gasteiger charge is -2.00. The minimum absolute atomic E-state index is 0.0504. The number of terminal acetylenes is 1. The molecule has 0 fully saturated rings. The average molecular weight is 362 g/mol. The number of ether oxygens (including phenoxy) is 1. The highest BCUT2D eigenvalue weighted by Gasteiger charge is 2.13. The molecule has 0 radical (unpaired) electrons. The number of esters is 1. The number of hydrogen-bond acceptors (Lipinski definition) is 4. The molecule has 23 heavy (non-hydrogen) atoms. The molecule has 0 saturated heterocycles. The number of carbonyl (C=O) groups is 1. The zero-order valence-electron chi connectivity index (χ0n) is 11.7. The van der Waals surface area contributed by atoms with E-state index in [0.717, 1.165) is 20.8 Å². The van der Waals surface area contributed by atoms with E-state index in [1.54, 1.807) is 30.3 Å². The van der Waals surface area contributed by atoms with E-state index in [4.69, 9.17) is 34.4 Å². The highest BCUT2D eigenvalue weighted by Crippen LogP contribution is 2.35. The summed E-state index contributed by atoms with van der Waals surface area (Å²) in [7, 11) is 0. The van der Waals surface area contributed by atoms with Crippen molar-refractivity contribution in [2.75, 3.05) is 6.61 Å². The van der Waals surface area contributed by atoms with Gasteiger partial charge in [0.05, 0.1) is 20.8 Å². The standard InChI is InChI=1S/C17H9Cl2NO2S/c1-2-7-22-17(21)10-3-6-14-15(8-10)23-16(20-14)12-5-4-11(18)9-13(12)19/h1,3-6,8-9H,7H2. The summed E-state index contributed by atoms with van der Waals surface area (Å²) in [5.41, 5.74) is 2.02. The molecular formula is C17H9Cl2NO2S. The highest BCUT2D eigenvalue weighted by atomic mass is 35.5. The number of halogens is 2. The molecule has 0 spiro atoms. The highest BCUT2D eigenvalue weighted by molar-refractivity contribution is 7.21. The van der Waals surface area contributed by atoms with Crippen LogP contribution in [-0.4, -0.2) is 17.6 Å². The van der Waals surface area contributed by atoms with Gasteiger partial charge in [0.2, 0.25) is 0 Å². The molecule has 0 atom stereocenters. The summed E-state index contributed by atoms with van der Waals surface area (Å²) in [6.07, 6.45) is 5.08. The molecule has 0 aliphatic carbocycles. The minimum Gasteiger partial charge on any atom is -0.449 e. The molecule has 0 aliphatic rings. The van der Waals surface area contributed by atoms with Gasteiger partial charge in [-0.3, -0.25) is 0 Å². The number of hydrogen-bond donors (Lipinski definition) is 0. The van der Waals surface area contributed by atoms with Gasteiger partial charge in [-0.15, -0.1) is 17.8 Å². The molecule has 1 heterocycles. The van der Waals surface area contributed by atoms with Gasteiger partial charge in [-0.1, -0.05) is 29.1 Å². The largest absolute Gasteiger partial charge is 0.449 e. The Hall–Kier alpha value is -2.06. The Morgan fingerprint density at radius 3 is 2.83 bits per heavy atom. The second kappa shape index (κ2) is 6.59. The molecule has 3 rings (SSSR count). The number of benzene rings is 2. The van der Waals surface area contributed by atoms with Crippen LogP contribution in [0.15, 0.2) is 36.4 Å². The number of rotatable bonds is 3. The SMILES string of the molecule is C#CCOC(=O)c1ccc2nc(-c3ccc(Cl)cc3Cl)sc2c1. The molecular weight excluding hydrogens is 353 g/mol. The van der Waals surface area contributed by atoms with E-state index in [9.17, 15) is 4.79 Å². The van der Waals surface area contributed by atoms with E-state index >= 15 is 0 Å². The molecule has 0 amide bonds. The first-order valence-electron chi connectivity index (χ1n) is 6.55. The smallest absolute Gasteiger partial charge is 0.339 e. The second-order valence-corrected chi connectivity index (χ2v) is 6.48. The van der Waals surface area contributed by atoms with Crippen molar-refractivity contribution >= 4 is 50.7 Å². The first-order chi connectivity index (χ1) is 11.1. The zero-order valence-corrected chi connectivity index (χ0v) is 14.0. The van der Waals surface area contributed by atoms with Gasteiger partial charge in [0, 0.05) is 10.6 Å². The van der Waals surface area contributed by atoms with Gasteiger partial charge in [0.25, 0.3) is 0 Å². The van der Waals surface area contributed by atoms with Crippen molar-refractivity contribution in [3.05, 3.63) is 52.0 Å². The van der Waals surface area contributed by atoms with Gasteiger partial charge >= 0.3 is 5.97 Å². The number of carbonyl (C=O) groups excluding carboxylic acids is 1. The third kappa shape index (κ3) is 3.32. The van der Waals surface area contributed by atoms with Crippen LogP contribution in [0.3, 0.4) is 0 Å². The maximum atomic E-state index is 11.8. The average Bonchev–Trinajstić information content (AvgIpc) is 2.95. The van der Waals surface area contributed by atoms with Crippen molar-refractivity contribution in [1.29, 1.82) is 0 Å². The van der Waals surface area contributed by atoms with Crippen molar-refractivity contribution in [1.82, 2.24) is 4.98 Å². The molecule has 2 aromatic carbocycles. The molecule has 0 aliphatic heterocycles. The van der Waals surface area contributed by atoms with Gasteiger partial charge in [0.1, 0.15) is 5.01 Å². The Labute approximate surface area is 146 Å². The first kappa shape index (κ1) is 15.8. The Balaban J connectivity index is 1.99. The third-order valence-corrected chi connectivity index (χ3v) is 4.67. The molecule has 1 aromatic heterocycles. The van der Waals surface area contributed by atoms with Crippen LogP contribution in [0.5, 0.6) is 0 Å². The Morgan fingerprint density at radius 1 is 1.26 bits per heavy atom. The van der Waals surface area contributed by atoms with Crippen molar-refractivity contribution in [3.63, 3.8) is 0 Å². The lowest BCUT2D eigenvalue weighted by atomic mass is 10.2. The van der Waals surface area contributed by atoms with Crippen LogP contribution in [0.4, 0.5) is 0 Å².